The molecule has 0 aliphatic rings. The minimum atomic E-state index is 0.0186. The van der Waals surface area contributed by atoms with Gasteiger partial charge in [-0.1, -0.05) is 12.0 Å². The molecule has 5 heteroatoms. The van der Waals surface area contributed by atoms with Crippen molar-refractivity contribution in [2.24, 2.45) is 0 Å². The second kappa shape index (κ2) is 4.84. The van der Waals surface area contributed by atoms with Crippen LogP contribution in [0.4, 0.5) is 6.01 Å². The predicted octanol–water partition coefficient (Wildman–Crippen LogP) is 2.48. The van der Waals surface area contributed by atoms with Crippen LogP contribution in [0.25, 0.3) is 0 Å². The molecule has 4 nitrogen and oxygen atoms in total. The lowest BCUT2D eigenvalue weighted by atomic mass is 10.0. The van der Waals surface area contributed by atoms with E-state index in [-0.39, 0.29) is 5.54 Å². The van der Waals surface area contributed by atoms with E-state index < -0.39 is 0 Å². The average Bonchev–Trinajstić information content (AvgIpc) is 2.66. The van der Waals surface area contributed by atoms with Crippen LogP contribution in [-0.4, -0.2) is 28.7 Å². The van der Waals surface area contributed by atoms with Crippen LogP contribution in [0.15, 0.2) is 4.42 Å². The van der Waals surface area contributed by atoms with Gasteiger partial charge in [-0.05, 0) is 20.3 Å². The Balaban J connectivity index is 2.78. The lowest BCUT2D eigenvalue weighted by Gasteiger charge is -2.32. The fourth-order valence-electron chi connectivity index (χ4n) is 1.06. The van der Waals surface area contributed by atoms with Crippen molar-refractivity contribution in [2.75, 3.05) is 17.8 Å². The molecule has 0 aliphatic carbocycles. The van der Waals surface area contributed by atoms with Crippen molar-refractivity contribution in [2.45, 2.75) is 39.2 Å². The van der Waals surface area contributed by atoms with Gasteiger partial charge in [0.25, 0.3) is 0 Å². The van der Waals surface area contributed by atoms with Crippen LogP contribution in [0.5, 0.6) is 0 Å². The van der Waals surface area contributed by atoms with Gasteiger partial charge in [-0.25, -0.2) is 0 Å². The Bertz CT molecular complexity index is 311. The molecule has 1 heterocycles. The minimum absolute atomic E-state index is 0.0186. The predicted molar refractivity (Wildman–Crippen MR) is 61.5 cm³/mol. The standard InChI is InChI=1S/C10H18ClN3O/c1-5-10(2,3)14(4)9-13-12-8(15-9)6-7-11/h5-7H2,1-4H3. The number of aryl methyl sites for hydroxylation is 1. The molecule has 1 aromatic rings. The molecule has 0 aromatic carbocycles. The summed E-state index contributed by atoms with van der Waals surface area (Å²) in [6.45, 7) is 6.41. The van der Waals surface area contributed by atoms with Gasteiger partial charge in [0.2, 0.25) is 5.89 Å². The molecule has 0 bridgehead atoms. The molecule has 0 N–H and O–H groups in total. The van der Waals surface area contributed by atoms with Gasteiger partial charge in [-0.2, -0.15) is 0 Å². The summed E-state index contributed by atoms with van der Waals surface area (Å²) in [4.78, 5) is 2.00. The Kier molecular flexibility index (Phi) is 3.97. The highest BCUT2D eigenvalue weighted by Crippen LogP contribution is 2.23. The van der Waals surface area contributed by atoms with Crippen molar-refractivity contribution >= 4 is 17.6 Å². The first-order chi connectivity index (χ1) is 7.01. The number of alkyl halides is 1. The van der Waals surface area contributed by atoms with Gasteiger partial charge in [0, 0.05) is 24.9 Å². The van der Waals surface area contributed by atoms with Gasteiger partial charge in [0.05, 0.1) is 0 Å². The topological polar surface area (TPSA) is 42.2 Å². The van der Waals surface area contributed by atoms with Crippen molar-refractivity contribution in [3.8, 4) is 0 Å². The fraction of sp³-hybridized carbons (Fsp3) is 0.800. The molecule has 15 heavy (non-hydrogen) atoms. The molecule has 0 spiro atoms. The number of nitrogens with zero attached hydrogens (tertiary/aromatic N) is 3. The number of hydrogen-bond donors (Lipinski definition) is 0. The zero-order valence-electron chi connectivity index (χ0n) is 9.75. The molecule has 0 saturated heterocycles. The monoisotopic (exact) mass is 231 g/mol. The number of hydrogen-bond acceptors (Lipinski definition) is 4. The van der Waals surface area contributed by atoms with Gasteiger partial charge < -0.3 is 9.32 Å². The van der Waals surface area contributed by atoms with E-state index in [1.54, 1.807) is 0 Å². The van der Waals surface area contributed by atoms with Crippen LogP contribution in [0.2, 0.25) is 0 Å². The molecule has 0 saturated carbocycles. The summed E-state index contributed by atoms with van der Waals surface area (Å²) in [5, 5.41) is 7.93. The second-order valence-electron chi connectivity index (χ2n) is 4.14. The highest BCUT2D eigenvalue weighted by atomic mass is 35.5. The minimum Gasteiger partial charge on any atom is -0.408 e. The summed E-state index contributed by atoms with van der Waals surface area (Å²) in [7, 11) is 1.96. The Morgan fingerprint density at radius 2 is 2.07 bits per heavy atom. The molecule has 1 aromatic heterocycles. The fourth-order valence-corrected chi connectivity index (χ4v) is 1.22. The van der Waals surface area contributed by atoms with Crippen molar-refractivity contribution in [3.63, 3.8) is 0 Å². The normalized spacial score (nSPS) is 11.8. The number of aromatic nitrogens is 2. The zero-order chi connectivity index (χ0) is 11.5. The van der Waals surface area contributed by atoms with E-state index in [0.29, 0.717) is 24.2 Å². The number of rotatable bonds is 5. The van der Waals surface area contributed by atoms with Gasteiger partial charge in [-0.3, -0.25) is 0 Å². The molecular weight excluding hydrogens is 214 g/mol. The van der Waals surface area contributed by atoms with E-state index in [2.05, 4.69) is 31.0 Å². The highest BCUT2D eigenvalue weighted by Gasteiger charge is 2.25. The number of halogens is 1. The van der Waals surface area contributed by atoms with Gasteiger partial charge in [0.1, 0.15) is 0 Å². The van der Waals surface area contributed by atoms with E-state index in [0.717, 1.165) is 6.42 Å². The lowest BCUT2D eigenvalue weighted by Crippen LogP contribution is -2.40. The summed E-state index contributed by atoms with van der Waals surface area (Å²) >= 11 is 5.60. The van der Waals surface area contributed by atoms with Crippen LogP contribution in [-0.2, 0) is 6.42 Å². The maximum atomic E-state index is 5.60. The molecule has 0 unspecified atom stereocenters. The van der Waals surface area contributed by atoms with Crippen molar-refractivity contribution in [3.05, 3.63) is 5.89 Å². The van der Waals surface area contributed by atoms with Gasteiger partial charge >= 0.3 is 6.01 Å². The second-order valence-corrected chi connectivity index (χ2v) is 4.52. The van der Waals surface area contributed by atoms with Crippen LogP contribution in [0.3, 0.4) is 0 Å². The maximum absolute atomic E-state index is 5.60. The van der Waals surface area contributed by atoms with E-state index in [1.807, 2.05) is 11.9 Å². The summed E-state index contributed by atoms with van der Waals surface area (Å²) < 4.78 is 5.49. The highest BCUT2D eigenvalue weighted by molar-refractivity contribution is 6.17. The Labute approximate surface area is 95.6 Å². The molecule has 0 aliphatic heterocycles. The molecule has 0 fully saturated rings. The van der Waals surface area contributed by atoms with Crippen molar-refractivity contribution < 1.29 is 4.42 Å². The van der Waals surface area contributed by atoms with Crippen LogP contribution >= 0.6 is 11.6 Å². The van der Waals surface area contributed by atoms with Gasteiger partial charge in [-0.15, -0.1) is 16.7 Å². The average molecular weight is 232 g/mol. The lowest BCUT2D eigenvalue weighted by molar-refractivity contribution is 0.413. The van der Waals surface area contributed by atoms with Crippen LogP contribution in [0, 0.1) is 0 Å². The zero-order valence-corrected chi connectivity index (χ0v) is 10.5. The SMILES string of the molecule is CCC(C)(C)N(C)c1nnc(CCCl)o1. The first kappa shape index (κ1) is 12.3. The Hall–Kier alpha value is -0.770. The van der Waals surface area contributed by atoms with Crippen LogP contribution in [0.1, 0.15) is 33.1 Å². The molecule has 0 radical (unpaired) electrons. The molecule has 1 rings (SSSR count). The third-order valence-electron chi connectivity index (χ3n) is 2.82. The molecule has 0 atom stereocenters. The third kappa shape index (κ3) is 2.84. The Morgan fingerprint density at radius 3 is 2.60 bits per heavy atom. The van der Waals surface area contributed by atoms with Gasteiger partial charge in [0.15, 0.2) is 0 Å². The third-order valence-corrected chi connectivity index (χ3v) is 3.01. The summed E-state index contributed by atoms with van der Waals surface area (Å²) in [6, 6.07) is 0.557. The molecule has 0 amide bonds. The first-order valence-electron chi connectivity index (χ1n) is 5.13. The molecule has 86 valence electrons. The summed E-state index contributed by atoms with van der Waals surface area (Å²) in [5.41, 5.74) is 0.0186. The van der Waals surface area contributed by atoms with E-state index >= 15 is 0 Å². The summed E-state index contributed by atoms with van der Waals surface area (Å²) in [6.07, 6.45) is 1.63. The first-order valence-corrected chi connectivity index (χ1v) is 5.67. The molecular formula is C10H18ClN3O. The van der Waals surface area contributed by atoms with Crippen molar-refractivity contribution in [1.82, 2.24) is 10.2 Å². The largest absolute Gasteiger partial charge is 0.408 e. The summed E-state index contributed by atoms with van der Waals surface area (Å²) in [5.74, 6) is 1.10. The van der Waals surface area contributed by atoms with Crippen LogP contribution < -0.4 is 4.90 Å². The van der Waals surface area contributed by atoms with E-state index in [4.69, 9.17) is 16.0 Å². The Morgan fingerprint density at radius 1 is 1.40 bits per heavy atom. The number of anilines is 1. The maximum Gasteiger partial charge on any atom is 0.318 e. The van der Waals surface area contributed by atoms with E-state index in [9.17, 15) is 0 Å². The van der Waals surface area contributed by atoms with Crippen molar-refractivity contribution in [1.29, 1.82) is 0 Å². The quantitative estimate of drug-likeness (QED) is 0.731. The smallest absolute Gasteiger partial charge is 0.318 e. The van der Waals surface area contributed by atoms with E-state index in [1.165, 1.54) is 0 Å².